The summed E-state index contributed by atoms with van der Waals surface area (Å²) in [7, 11) is 3.61. The second-order valence-electron chi connectivity index (χ2n) is 13.6. The minimum Gasteiger partial charge on any atom is -0.493 e. The number of carboxylic acid groups (broad SMARTS) is 1. The van der Waals surface area contributed by atoms with Gasteiger partial charge >= 0.3 is 5.97 Å². The number of carboxylic acids is 1. The molecule has 1 saturated heterocycles. The zero-order chi connectivity index (χ0) is 28.1. The summed E-state index contributed by atoms with van der Waals surface area (Å²) < 4.78 is 19.9. The molecule has 0 aromatic heterocycles. The molecule has 7 bridgehead atoms. The van der Waals surface area contributed by atoms with Crippen molar-refractivity contribution in [2.75, 3.05) is 27.3 Å². The summed E-state index contributed by atoms with van der Waals surface area (Å²) in [5.74, 6) is 2.65. The smallest absolute Gasteiger partial charge is 0.320 e. The molecule has 9 atom stereocenters. The molecule has 0 radical (unpaired) electrons. The average molecular weight is 559 g/mol. The number of aliphatic carboxylic acids is 1. The highest BCUT2D eigenvalue weighted by Crippen LogP contribution is 2.72. The summed E-state index contributed by atoms with van der Waals surface area (Å²) in [6.07, 6.45) is 6.54. The third-order valence-corrected chi connectivity index (χ3v) is 12.0. The van der Waals surface area contributed by atoms with Gasteiger partial charge in [-0.25, -0.2) is 0 Å². The van der Waals surface area contributed by atoms with Gasteiger partial charge in [0, 0.05) is 48.6 Å². The Bertz CT molecular complexity index is 1360. The van der Waals surface area contributed by atoms with E-state index in [0.717, 1.165) is 55.2 Å². The van der Waals surface area contributed by atoms with E-state index in [9.17, 15) is 9.90 Å². The maximum atomic E-state index is 12.2. The molecular weight excluding hydrogens is 516 g/mol. The van der Waals surface area contributed by atoms with E-state index in [2.05, 4.69) is 46.6 Å². The number of likely N-dealkylation sites (tertiary alicyclic amines) is 1. The largest absolute Gasteiger partial charge is 0.493 e. The van der Waals surface area contributed by atoms with Crippen LogP contribution in [0.2, 0.25) is 0 Å². The Hall–Kier alpha value is -2.61. The topological polar surface area (TPSA) is 80.3 Å². The number of carbonyl (C=O) groups is 1. The maximum Gasteiger partial charge on any atom is 0.320 e. The third kappa shape index (κ3) is 3.46. The van der Waals surface area contributed by atoms with Gasteiger partial charge in [-0.3, -0.25) is 15.0 Å². The zero-order valence-electron chi connectivity index (χ0n) is 24.3. The van der Waals surface area contributed by atoms with Gasteiger partial charge < -0.3 is 19.3 Å². The Morgan fingerprint density at radius 1 is 1.15 bits per heavy atom. The molecule has 3 saturated carbocycles. The van der Waals surface area contributed by atoms with Crippen LogP contribution >= 0.6 is 0 Å². The van der Waals surface area contributed by atoms with Crippen LogP contribution in [0.1, 0.15) is 74.1 Å². The lowest BCUT2D eigenvalue weighted by molar-refractivity contribution is -0.228. The fourth-order valence-corrected chi connectivity index (χ4v) is 10.2. The number of fused-ring (bicyclic) bond motifs is 1. The molecule has 2 unspecified atom stereocenters. The quantitative estimate of drug-likeness (QED) is 0.454. The fraction of sp³-hybridized carbons (Fsp3) is 0.618. The van der Waals surface area contributed by atoms with Gasteiger partial charge in [0.2, 0.25) is 0 Å². The molecule has 7 heteroatoms. The van der Waals surface area contributed by atoms with Crippen molar-refractivity contribution in [2.45, 2.75) is 86.6 Å². The average Bonchev–Trinajstić information content (AvgIpc) is 3.73. The van der Waals surface area contributed by atoms with Gasteiger partial charge in [0.25, 0.3) is 0 Å². The lowest BCUT2D eigenvalue weighted by atomic mass is 9.42. The van der Waals surface area contributed by atoms with Crippen molar-refractivity contribution in [3.63, 3.8) is 0 Å². The van der Waals surface area contributed by atoms with Crippen molar-refractivity contribution in [1.82, 2.24) is 10.2 Å². The molecule has 0 amide bonds. The number of rotatable bonds is 9. The molecule has 7 aliphatic rings. The van der Waals surface area contributed by atoms with Gasteiger partial charge in [0.05, 0.1) is 7.11 Å². The van der Waals surface area contributed by atoms with E-state index >= 15 is 0 Å². The summed E-state index contributed by atoms with van der Waals surface area (Å²) >= 11 is 0. The fourth-order valence-electron chi connectivity index (χ4n) is 10.2. The van der Waals surface area contributed by atoms with Gasteiger partial charge in [0.1, 0.15) is 17.7 Å². The molecule has 7 nitrogen and oxygen atoms in total. The predicted molar refractivity (Wildman–Crippen MR) is 155 cm³/mol. The SMILES string of the molecule is COc1ccc2c3c1O[C@H]1[C@@]4(OC)CCC2[C@@H]2[C@@H](C[C@@H]4[C@H](NC(C)C(=O)O)c4ccccc4)[C@@]31CCN2CC1CC1. The van der Waals surface area contributed by atoms with Crippen molar-refractivity contribution in [2.24, 2.45) is 17.8 Å². The highest BCUT2D eigenvalue weighted by atomic mass is 16.6. The van der Waals surface area contributed by atoms with E-state index in [-0.39, 0.29) is 23.5 Å². The Morgan fingerprint density at radius 2 is 1.95 bits per heavy atom. The highest BCUT2D eigenvalue weighted by Gasteiger charge is 2.75. The van der Waals surface area contributed by atoms with Crippen LogP contribution in [0.5, 0.6) is 11.5 Å². The first kappa shape index (κ1) is 26.1. The molecule has 2 N–H and O–H groups in total. The van der Waals surface area contributed by atoms with Crippen molar-refractivity contribution in [3.8, 4) is 11.5 Å². The monoisotopic (exact) mass is 558 g/mol. The first-order valence-electron chi connectivity index (χ1n) is 15.6. The van der Waals surface area contributed by atoms with Crippen LogP contribution < -0.4 is 14.8 Å². The zero-order valence-corrected chi connectivity index (χ0v) is 24.3. The molecule has 2 aromatic rings. The molecule has 2 aliphatic heterocycles. The van der Waals surface area contributed by atoms with Crippen molar-refractivity contribution < 1.29 is 24.1 Å². The van der Waals surface area contributed by atoms with Crippen LogP contribution in [0.25, 0.3) is 0 Å². The van der Waals surface area contributed by atoms with E-state index in [4.69, 9.17) is 14.2 Å². The van der Waals surface area contributed by atoms with Gasteiger partial charge in [0.15, 0.2) is 11.5 Å². The van der Waals surface area contributed by atoms with Crippen molar-refractivity contribution in [3.05, 3.63) is 59.2 Å². The normalized spacial score (nSPS) is 37.7. The van der Waals surface area contributed by atoms with Crippen molar-refractivity contribution in [1.29, 1.82) is 0 Å². The molecule has 2 heterocycles. The van der Waals surface area contributed by atoms with Gasteiger partial charge in [-0.05, 0) is 81.0 Å². The molecule has 218 valence electrons. The standard InChI is InChI=1S/C34H42N2O5/c1-19(31(37)38)35-28(21-7-5-4-6-8-21)24-17-25-29-23-13-14-34(24,40-3)32-33(25,15-16-36(29)18-20-9-10-20)27-22(23)11-12-26(39-2)30(27)41-32/h4-8,11-12,19-20,23-25,28-29,32,35H,9-10,13-18H2,1-3H3,(H,37,38)/t19?,23?,24-,25-,28-,29-,32-,33+,34-/m1/s1. The highest BCUT2D eigenvalue weighted by molar-refractivity contribution is 5.73. The minimum absolute atomic E-state index is 0.0472. The molecular formula is C34H42N2O5. The molecule has 9 rings (SSSR count). The van der Waals surface area contributed by atoms with E-state index in [0.29, 0.717) is 17.9 Å². The number of ether oxygens (including phenoxy) is 3. The van der Waals surface area contributed by atoms with E-state index in [1.807, 2.05) is 13.2 Å². The van der Waals surface area contributed by atoms with Gasteiger partial charge in [-0.1, -0.05) is 36.4 Å². The van der Waals surface area contributed by atoms with Crippen LogP contribution in [0, 0.1) is 17.8 Å². The first-order chi connectivity index (χ1) is 19.9. The summed E-state index contributed by atoms with van der Waals surface area (Å²) in [5, 5.41) is 13.5. The summed E-state index contributed by atoms with van der Waals surface area (Å²) in [6.45, 7) is 4.06. The van der Waals surface area contributed by atoms with E-state index < -0.39 is 17.6 Å². The molecule has 4 fully saturated rings. The lowest BCUT2D eigenvalue weighted by Gasteiger charge is -2.68. The number of nitrogens with zero attached hydrogens (tertiary/aromatic N) is 1. The maximum absolute atomic E-state index is 12.2. The molecule has 2 aromatic carbocycles. The Kier molecular flexibility index (Phi) is 5.84. The number of nitrogens with one attached hydrogen (secondary N) is 1. The summed E-state index contributed by atoms with van der Waals surface area (Å²) in [5.41, 5.74) is 3.32. The second-order valence-corrected chi connectivity index (χ2v) is 13.6. The second kappa shape index (κ2) is 9.19. The number of methoxy groups -OCH3 is 2. The first-order valence-corrected chi connectivity index (χ1v) is 15.6. The van der Waals surface area contributed by atoms with E-state index in [1.165, 1.54) is 30.5 Å². The third-order valence-electron chi connectivity index (χ3n) is 12.0. The number of hydrogen-bond acceptors (Lipinski definition) is 6. The summed E-state index contributed by atoms with van der Waals surface area (Å²) in [6, 6.07) is 14.5. The van der Waals surface area contributed by atoms with E-state index in [1.54, 1.807) is 14.0 Å². The Labute approximate surface area is 242 Å². The van der Waals surface area contributed by atoms with Crippen molar-refractivity contribution >= 4 is 5.97 Å². The number of benzene rings is 2. The van der Waals surface area contributed by atoms with Crippen LogP contribution in [-0.2, 0) is 14.9 Å². The number of hydrogen-bond donors (Lipinski definition) is 2. The van der Waals surface area contributed by atoms with Gasteiger partial charge in [-0.2, -0.15) is 0 Å². The number of piperidine rings is 1. The van der Waals surface area contributed by atoms with Crippen LogP contribution in [-0.4, -0.2) is 67.1 Å². The Morgan fingerprint density at radius 3 is 2.66 bits per heavy atom. The predicted octanol–water partition coefficient (Wildman–Crippen LogP) is 4.89. The van der Waals surface area contributed by atoms with Crippen LogP contribution in [0.3, 0.4) is 0 Å². The molecule has 5 aliphatic carbocycles. The van der Waals surface area contributed by atoms with Gasteiger partial charge in [-0.15, -0.1) is 0 Å². The minimum atomic E-state index is -0.836. The lowest BCUT2D eigenvalue weighted by Crippen LogP contribution is -2.76. The van der Waals surface area contributed by atoms with Crippen LogP contribution in [0.4, 0.5) is 0 Å². The summed E-state index contributed by atoms with van der Waals surface area (Å²) in [4.78, 5) is 15.0. The molecule has 1 spiro atoms. The molecule has 41 heavy (non-hydrogen) atoms. The Balaban J connectivity index is 1.33. The van der Waals surface area contributed by atoms with Crippen LogP contribution in [0.15, 0.2) is 42.5 Å².